The molecule has 3 atom stereocenters. The molecule has 118 valence electrons. The number of morpholine rings is 1. The molecule has 0 aliphatic carbocycles. The van der Waals surface area contributed by atoms with Crippen molar-refractivity contribution in [1.82, 2.24) is 4.90 Å². The third-order valence-electron chi connectivity index (χ3n) is 3.73. The summed E-state index contributed by atoms with van der Waals surface area (Å²) in [5, 5.41) is 12.2. The van der Waals surface area contributed by atoms with Crippen molar-refractivity contribution in [1.29, 1.82) is 0 Å². The van der Waals surface area contributed by atoms with Crippen molar-refractivity contribution in [3.05, 3.63) is 22.4 Å². The minimum atomic E-state index is -0.541. The topological polar surface area (TPSA) is 75.8 Å². The second-order valence-corrected chi connectivity index (χ2v) is 6.58. The number of rotatable bonds is 6. The average molecular weight is 312 g/mol. The van der Waals surface area contributed by atoms with Gasteiger partial charge in [0, 0.05) is 30.3 Å². The molecule has 1 amide bonds. The van der Waals surface area contributed by atoms with Gasteiger partial charge in [-0.05, 0) is 24.8 Å². The van der Waals surface area contributed by atoms with E-state index in [1.165, 1.54) is 11.3 Å². The van der Waals surface area contributed by atoms with E-state index >= 15 is 0 Å². The number of aliphatic hydroxyl groups excluding tert-OH is 1. The number of amides is 1. The Hall–Kier alpha value is -0.950. The molecule has 0 radical (unpaired) electrons. The highest BCUT2D eigenvalue weighted by molar-refractivity contribution is 7.10. The Balaban J connectivity index is 1.93. The van der Waals surface area contributed by atoms with E-state index in [4.69, 9.17) is 10.5 Å². The summed E-state index contributed by atoms with van der Waals surface area (Å²) in [4.78, 5) is 15.1. The molecule has 0 bridgehead atoms. The van der Waals surface area contributed by atoms with E-state index in [2.05, 4.69) is 0 Å². The zero-order valence-electron chi connectivity index (χ0n) is 12.4. The Labute approximate surface area is 129 Å². The number of hydrogen-bond acceptors (Lipinski definition) is 5. The van der Waals surface area contributed by atoms with Gasteiger partial charge < -0.3 is 20.5 Å². The van der Waals surface area contributed by atoms with Crippen LogP contribution in [0.25, 0.3) is 0 Å². The van der Waals surface area contributed by atoms with Crippen LogP contribution in [0.1, 0.15) is 37.2 Å². The van der Waals surface area contributed by atoms with Gasteiger partial charge in [-0.15, -0.1) is 11.3 Å². The van der Waals surface area contributed by atoms with Gasteiger partial charge in [-0.25, -0.2) is 0 Å². The van der Waals surface area contributed by atoms with Gasteiger partial charge in [0.25, 0.3) is 0 Å². The van der Waals surface area contributed by atoms with Gasteiger partial charge in [-0.1, -0.05) is 6.07 Å². The van der Waals surface area contributed by atoms with E-state index in [0.29, 0.717) is 39.0 Å². The second-order valence-electron chi connectivity index (χ2n) is 5.60. The molecule has 3 N–H and O–H groups in total. The fraction of sp³-hybridized carbons (Fsp3) is 0.667. The molecule has 0 saturated carbocycles. The van der Waals surface area contributed by atoms with Gasteiger partial charge in [-0.3, -0.25) is 4.79 Å². The first-order valence-electron chi connectivity index (χ1n) is 7.42. The Morgan fingerprint density at radius 1 is 1.67 bits per heavy atom. The lowest BCUT2D eigenvalue weighted by Crippen LogP contribution is -2.49. The number of nitrogens with two attached hydrogens (primary N) is 1. The van der Waals surface area contributed by atoms with Crippen molar-refractivity contribution in [2.24, 2.45) is 5.73 Å². The molecule has 6 heteroatoms. The molecular weight excluding hydrogens is 288 g/mol. The molecule has 1 aliphatic rings. The molecule has 1 fully saturated rings. The van der Waals surface area contributed by atoms with Crippen molar-refractivity contribution in [2.75, 3.05) is 19.8 Å². The summed E-state index contributed by atoms with van der Waals surface area (Å²) in [6.45, 7) is 3.56. The Morgan fingerprint density at radius 3 is 3.14 bits per heavy atom. The summed E-state index contributed by atoms with van der Waals surface area (Å²) < 4.78 is 5.48. The molecule has 1 aromatic rings. The van der Waals surface area contributed by atoms with Gasteiger partial charge in [0.1, 0.15) is 0 Å². The van der Waals surface area contributed by atoms with Crippen LogP contribution in [0.2, 0.25) is 0 Å². The van der Waals surface area contributed by atoms with Crippen LogP contribution >= 0.6 is 11.3 Å². The second kappa shape index (κ2) is 7.89. The highest BCUT2D eigenvalue weighted by atomic mass is 32.1. The normalized spacial score (nSPS) is 22.0. The Kier molecular flexibility index (Phi) is 6.17. The van der Waals surface area contributed by atoms with Crippen LogP contribution < -0.4 is 5.73 Å². The molecule has 21 heavy (non-hydrogen) atoms. The molecular formula is C15H24N2O3S. The Morgan fingerprint density at radius 2 is 2.48 bits per heavy atom. The molecule has 3 unspecified atom stereocenters. The number of thiophene rings is 1. The highest BCUT2D eigenvalue weighted by Gasteiger charge is 2.29. The van der Waals surface area contributed by atoms with Gasteiger partial charge in [0.15, 0.2) is 0 Å². The first kappa shape index (κ1) is 16.4. The smallest absolute Gasteiger partial charge is 0.223 e. The molecule has 5 nitrogen and oxygen atoms in total. The van der Waals surface area contributed by atoms with E-state index in [1.54, 1.807) is 0 Å². The summed E-state index contributed by atoms with van der Waals surface area (Å²) in [7, 11) is 0. The minimum absolute atomic E-state index is 0.0325. The van der Waals surface area contributed by atoms with Crippen LogP contribution in [-0.2, 0) is 9.53 Å². The van der Waals surface area contributed by atoms with E-state index < -0.39 is 6.10 Å². The molecule has 0 spiro atoms. The summed E-state index contributed by atoms with van der Waals surface area (Å²) in [6, 6.07) is 3.81. The summed E-state index contributed by atoms with van der Waals surface area (Å²) >= 11 is 1.53. The maximum Gasteiger partial charge on any atom is 0.223 e. The van der Waals surface area contributed by atoms with Gasteiger partial charge >= 0.3 is 0 Å². The van der Waals surface area contributed by atoms with Crippen LogP contribution in [0.4, 0.5) is 0 Å². The number of aliphatic hydroxyl groups is 1. The maximum atomic E-state index is 12.3. The maximum absolute atomic E-state index is 12.3. The predicted octanol–water partition coefficient (Wildman–Crippen LogP) is 1.53. The van der Waals surface area contributed by atoms with Crippen LogP contribution in [0.15, 0.2) is 17.5 Å². The quantitative estimate of drug-likeness (QED) is 0.835. The highest BCUT2D eigenvalue weighted by Crippen LogP contribution is 2.26. The minimum Gasteiger partial charge on any atom is -0.387 e. The fourth-order valence-corrected chi connectivity index (χ4v) is 3.25. The summed E-state index contributed by atoms with van der Waals surface area (Å²) in [6.07, 6.45) is 1.13. The monoisotopic (exact) mass is 312 g/mol. The SMILES string of the molecule is CC(N)CCC(=O)N1CCOCC1CC(O)c1cccs1. The van der Waals surface area contributed by atoms with E-state index in [9.17, 15) is 9.90 Å². The zero-order chi connectivity index (χ0) is 15.2. The van der Waals surface area contributed by atoms with E-state index in [1.807, 2.05) is 29.3 Å². The molecule has 1 saturated heterocycles. The van der Waals surface area contributed by atoms with Crippen LogP contribution in [0, 0.1) is 0 Å². The van der Waals surface area contributed by atoms with Gasteiger partial charge in [0.2, 0.25) is 5.91 Å². The predicted molar refractivity (Wildman–Crippen MR) is 83.1 cm³/mol. The van der Waals surface area contributed by atoms with Gasteiger partial charge in [-0.2, -0.15) is 0 Å². The van der Waals surface area contributed by atoms with Crippen molar-refractivity contribution < 1.29 is 14.6 Å². The number of carbonyl (C=O) groups is 1. The lowest BCUT2D eigenvalue weighted by Gasteiger charge is -2.36. The molecule has 2 rings (SSSR count). The lowest BCUT2D eigenvalue weighted by molar-refractivity contribution is -0.141. The van der Waals surface area contributed by atoms with Crippen LogP contribution in [0.5, 0.6) is 0 Å². The van der Waals surface area contributed by atoms with E-state index in [-0.39, 0.29) is 18.0 Å². The van der Waals surface area contributed by atoms with Gasteiger partial charge in [0.05, 0.1) is 25.4 Å². The fourth-order valence-electron chi connectivity index (χ4n) is 2.53. The summed E-state index contributed by atoms with van der Waals surface area (Å²) in [5.74, 6) is 0.110. The lowest BCUT2D eigenvalue weighted by atomic mass is 10.0. The molecule has 1 aromatic heterocycles. The van der Waals surface area contributed by atoms with Crippen LogP contribution in [-0.4, -0.2) is 47.8 Å². The molecule has 2 heterocycles. The number of nitrogens with zero attached hydrogens (tertiary/aromatic N) is 1. The average Bonchev–Trinajstić information content (AvgIpc) is 2.99. The van der Waals surface area contributed by atoms with Crippen LogP contribution in [0.3, 0.4) is 0 Å². The van der Waals surface area contributed by atoms with Crippen molar-refractivity contribution in [2.45, 2.75) is 44.4 Å². The zero-order valence-corrected chi connectivity index (χ0v) is 13.2. The third kappa shape index (κ3) is 4.78. The Bertz CT molecular complexity index is 436. The van der Waals surface area contributed by atoms with Crippen molar-refractivity contribution >= 4 is 17.2 Å². The number of hydrogen-bond donors (Lipinski definition) is 2. The molecule has 0 aromatic carbocycles. The number of carbonyl (C=O) groups excluding carboxylic acids is 1. The summed E-state index contributed by atoms with van der Waals surface area (Å²) in [5.41, 5.74) is 5.72. The largest absolute Gasteiger partial charge is 0.387 e. The molecule has 1 aliphatic heterocycles. The van der Waals surface area contributed by atoms with Crippen molar-refractivity contribution in [3.63, 3.8) is 0 Å². The first-order valence-corrected chi connectivity index (χ1v) is 8.30. The number of ether oxygens (including phenoxy) is 1. The third-order valence-corrected chi connectivity index (χ3v) is 4.70. The first-order chi connectivity index (χ1) is 10.1. The van der Waals surface area contributed by atoms with Crippen molar-refractivity contribution in [3.8, 4) is 0 Å². The standard InChI is InChI=1S/C15H24N2O3S/c1-11(16)4-5-15(19)17-6-7-20-10-12(17)9-13(18)14-3-2-8-21-14/h2-3,8,11-13,18H,4-7,9-10,16H2,1H3. The van der Waals surface area contributed by atoms with E-state index in [0.717, 1.165) is 4.88 Å².